The van der Waals surface area contributed by atoms with Gasteiger partial charge in [0.1, 0.15) is 12.1 Å². The number of ether oxygens (including phenoxy) is 1. The van der Waals surface area contributed by atoms with Crippen molar-refractivity contribution in [3.05, 3.63) is 108 Å². The number of benzene rings is 2. The van der Waals surface area contributed by atoms with Crippen LogP contribution in [0.2, 0.25) is 0 Å². The van der Waals surface area contributed by atoms with Gasteiger partial charge < -0.3 is 14.8 Å². The van der Waals surface area contributed by atoms with E-state index in [9.17, 15) is 5.11 Å². The van der Waals surface area contributed by atoms with Crippen LogP contribution in [0.3, 0.4) is 0 Å². The van der Waals surface area contributed by atoms with E-state index in [4.69, 9.17) is 4.74 Å². The fourth-order valence-electron chi connectivity index (χ4n) is 6.07. The third-order valence-electron chi connectivity index (χ3n) is 7.98. The number of hydrogen-bond donors (Lipinski definition) is 2. The van der Waals surface area contributed by atoms with Gasteiger partial charge in [0.2, 0.25) is 0 Å². The quantitative estimate of drug-likeness (QED) is 0.231. The van der Waals surface area contributed by atoms with Crippen molar-refractivity contribution in [1.82, 2.24) is 19.9 Å². The molecule has 4 heterocycles. The lowest BCUT2D eigenvalue weighted by Crippen LogP contribution is -2.53. The van der Waals surface area contributed by atoms with E-state index in [1.807, 2.05) is 12.1 Å². The molecule has 0 saturated heterocycles. The zero-order valence-corrected chi connectivity index (χ0v) is 22.6. The Morgan fingerprint density at radius 3 is 2.41 bits per heavy atom. The first-order valence-electron chi connectivity index (χ1n) is 13.4. The zero-order chi connectivity index (χ0) is 28.8. The molecule has 0 amide bonds. The number of nitrogens with one attached hydrogen (secondary N) is 1. The Balaban J connectivity index is 1.51. The van der Waals surface area contributed by atoms with E-state index in [2.05, 4.69) is 19.9 Å². The minimum atomic E-state index is -4.98. The van der Waals surface area contributed by atoms with Crippen molar-refractivity contribution in [2.75, 3.05) is 6.61 Å². The smallest absolute Gasteiger partial charge is 0.418 e. The SMILES string of the molecule is CC(C)(CC(O)(C(c1ccccc1)c1cc2ccncc2[nH]1)C(F)(F)F)c1cc(-c2cncnc2)cc2c1OCC2. The Hall–Kier alpha value is -4.24. The van der Waals surface area contributed by atoms with Crippen LogP contribution in [0.4, 0.5) is 13.2 Å². The molecule has 3 aromatic heterocycles. The molecule has 0 fully saturated rings. The van der Waals surface area contributed by atoms with Crippen LogP contribution in [0.1, 0.15) is 48.6 Å². The number of halogens is 3. The predicted octanol–water partition coefficient (Wildman–Crippen LogP) is 6.75. The van der Waals surface area contributed by atoms with Crippen molar-refractivity contribution in [3.8, 4) is 16.9 Å². The molecule has 5 aromatic rings. The summed E-state index contributed by atoms with van der Waals surface area (Å²) in [6.45, 7) is 3.89. The number of aromatic amines is 1. The fourth-order valence-corrected chi connectivity index (χ4v) is 6.07. The van der Waals surface area contributed by atoms with Gasteiger partial charge in [0.25, 0.3) is 0 Å². The highest BCUT2D eigenvalue weighted by atomic mass is 19.4. The number of nitrogens with zero attached hydrogens (tertiary/aromatic N) is 3. The maximum absolute atomic E-state index is 15.3. The van der Waals surface area contributed by atoms with Gasteiger partial charge in [-0.15, -0.1) is 0 Å². The van der Waals surface area contributed by atoms with Gasteiger partial charge in [-0.3, -0.25) is 4.98 Å². The molecule has 2 N–H and O–H groups in total. The van der Waals surface area contributed by atoms with Gasteiger partial charge in [-0.25, -0.2) is 9.97 Å². The number of alkyl halides is 3. The van der Waals surface area contributed by atoms with Crippen LogP contribution in [-0.4, -0.2) is 43.4 Å². The van der Waals surface area contributed by atoms with Crippen LogP contribution >= 0.6 is 0 Å². The van der Waals surface area contributed by atoms with E-state index >= 15 is 13.2 Å². The Bertz CT molecular complexity index is 1650. The van der Waals surface area contributed by atoms with Crippen molar-refractivity contribution in [2.24, 2.45) is 0 Å². The van der Waals surface area contributed by atoms with Crippen LogP contribution in [0, 0.1) is 0 Å². The lowest BCUT2D eigenvalue weighted by atomic mass is 9.67. The van der Waals surface area contributed by atoms with Gasteiger partial charge in [0, 0.05) is 47.2 Å². The molecule has 0 aliphatic carbocycles. The van der Waals surface area contributed by atoms with Crippen LogP contribution < -0.4 is 4.74 Å². The third kappa shape index (κ3) is 4.84. The lowest BCUT2D eigenvalue weighted by molar-refractivity contribution is -0.272. The number of aromatic nitrogens is 4. The predicted molar refractivity (Wildman–Crippen MR) is 150 cm³/mol. The first-order valence-corrected chi connectivity index (χ1v) is 13.4. The van der Waals surface area contributed by atoms with Crippen molar-refractivity contribution in [1.29, 1.82) is 0 Å². The van der Waals surface area contributed by atoms with E-state index in [0.29, 0.717) is 40.8 Å². The normalized spacial score (nSPS) is 15.8. The Morgan fingerprint density at radius 1 is 0.951 bits per heavy atom. The number of aliphatic hydroxyl groups is 1. The molecule has 1 aliphatic heterocycles. The highest BCUT2D eigenvalue weighted by molar-refractivity contribution is 5.79. The highest BCUT2D eigenvalue weighted by Gasteiger charge is 2.61. The molecule has 1 aliphatic rings. The molecule has 2 aromatic carbocycles. The largest absolute Gasteiger partial charge is 0.493 e. The lowest BCUT2D eigenvalue weighted by Gasteiger charge is -2.43. The average Bonchev–Trinajstić information content (AvgIpc) is 3.59. The fraction of sp³-hybridized carbons (Fsp3) is 0.281. The summed E-state index contributed by atoms with van der Waals surface area (Å²) in [6.07, 6.45) is 2.96. The summed E-state index contributed by atoms with van der Waals surface area (Å²) in [7, 11) is 0. The molecule has 0 spiro atoms. The first kappa shape index (κ1) is 27.0. The van der Waals surface area contributed by atoms with Crippen LogP contribution in [0.5, 0.6) is 5.75 Å². The highest BCUT2D eigenvalue weighted by Crippen LogP contribution is 2.53. The average molecular weight is 559 g/mol. The molecule has 0 radical (unpaired) electrons. The van der Waals surface area contributed by atoms with Gasteiger partial charge in [-0.2, -0.15) is 13.2 Å². The molecule has 0 bridgehead atoms. The Morgan fingerprint density at radius 2 is 1.71 bits per heavy atom. The second kappa shape index (κ2) is 9.99. The summed E-state index contributed by atoms with van der Waals surface area (Å²) in [6, 6.07) is 15.5. The molecule has 0 saturated carbocycles. The summed E-state index contributed by atoms with van der Waals surface area (Å²) >= 11 is 0. The number of pyridine rings is 1. The molecule has 2 unspecified atom stereocenters. The van der Waals surface area contributed by atoms with E-state index in [0.717, 1.165) is 16.7 Å². The van der Waals surface area contributed by atoms with Gasteiger partial charge in [-0.05, 0) is 52.8 Å². The van der Waals surface area contributed by atoms with Gasteiger partial charge in [-0.1, -0.05) is 44.2 Å². The molecule has 2 atom stereocenters. The standard InChI is InChI=1S/C32H29F3N4O2/c1-30(2,25-13-23(24-15-37-19-38-16-24)12-22-9-11-41-29(22)25)18-31(40,32(33,34)35)28(20-6-4-3-5-7-20)26-14-21-8-10-36-17-27(21)39-26/h3-8,10,12-17,19,28,39-40H,9,11,18H2,1-2H3. The van der Waals surface area contributed by atoms with Crippen molar-refractivity contribution < 1.29 is 23.0 Å². The third-order valence-corrected chi connectivity index (χ3v) is 7.98. The summed E-state index contributed by atoms with van der Waals surface area (Å²) in [4.78, 5) is 15.4. The van der Waals surface area contributed by atoms with Crippen molar-refractivity contribution >= 4 is 10.9 Å². The summed E-state index contributed by atoms with van der Waals surface area (Å²) < 4.78 is 51.9. The Labute approximate surface area is 235 Å². The molecule has 41 heavy (non-hydrogen) atoms. The van der Waals surface area contributed by atoms with E-state index in [1.54, 1.807) is 81.1 Å². The molecule has 210 valence electrons. The van der Waals surface area contributed by atoms with Crippen LogP contribution in [0.25, 0.3) is 22.0 Å². The topological polar surface area (TPSA) is 83.9 Å². The van der Waals surface area contributed by atoms with Gasteiger partial charge >= 0.3 is 6.18 Å². The minimum absolute atomic E-state index is 0.256. The van der Waals surface area contributed by atoms with Crippen LogP contribution in [0.15, 0.2) is 85.7 Å². The summed E-state index contributed by atoms with van der Waals surface area (Å²) in [5.41, 5.74) is -0.0687. The Kier molecular flexibility index (Phi) is 6.57. The maximum atomic E-state index is 15.3. The number of fused-ring (bicyclic) bond motifs is 2. The molecule has 6 rings (SSSR count). The van der Waals surface area contributed by atoms with Gasteiger partial charge in [0.05, 0.1) is 24.2 Å². The molecule has 9 heteroatoms. The molecular formula is C32H29F3N4O2. The van der Waals surface area contributed by atoms with E-state index in [1.165, 1.54) is 6.33 Å². The van der Waals surface area contributed by atoms with Gasteiger partial charge in [0.15, 0.2) is 5.60 Å². The number of hydrogen-bond acceptors (Lipinski definition) is 5. The number of rotatable bonds is 7. The minimum Gasteiger partial charge on any atom is -0.493 e. The monoisotopic (exact) mass is 558 g/mol. The van der Waals surface area contributed by atoms with Crippen LogP contribution in [-0.2, 0) is 11.8 Å². The van der Waals surface area contributed by atoms with E-state index in [-0.39, 0.29) is 5.69 Å². The van der Waals surface area contributed by atoms with Crippen molar-refractivity contribution in [2.45, 2.75) is 49.8 Å². The maximum Gasteiger partial charge on any atom is 0.418 e. The second-order valence-electron chi connectivity index (χ2n) is 11.3. The second-order valence-corrected chi connectivity index (χ2v) is 11.3. The molecular weight excluding hydrogens is 529 g/mol. The first-order chi connectivity index (χ1) is 19.6. The molecule has 6 nitrogen and oxygen atoms in total. The van der Waals surface area contributed by atoms with E-state index < -0.39 is 29.5 Å². The summed E-state index contributed by atoms with van der Waals surface area (Å²) in [5.74, 6) is -0.858. The number of H-pyrrole nitrogens is 1. The van der Waals surface area contributed by atoms with Crippen molar-refractivity contribution in [3.63, 3.8) is 0 Å². The zero-order valence-electron chi connectivity index (χ0n) is 22.6. The summed E-state index contributed by atoms with van der Waals surface area (Å²) in [5, 5.41) is 12.8.